The molecule has 110 valence electrons. The van der Waals surface area contributed by atoms with Crippen LogP contribution in [-0.2, 0) is 11.3 Å². The van der Waals surface area contributed by atoms with Crippen LogP contribution in [0.3, 0.4) is 0 Å². The van der Waals surface area contributed by atoms with Gasteiger partial charge in [0.05, 0.1) is 7.11 Å². The maximum absolute atomic E-state index is 5.09. The standard InChI is InChI=1S/C18H27NO/c1-6-18(13-10-16(4)20-5)19(7-2)14-17-11-8-15(3)9-12-17/h8-13,18H,4,6-7,14H2,1-3,5H3/b13-10-. The Kier molecular flexibility index (Phi) is 7.10. The Balaban J connectivity index is 2.73. The number of hydrogen-bond donors (Lipinski definition) is 0. The van der Waals surface area contributed by atoms with E-state index in [0.717, 1.165) is 19.5 Å². The van der Waals surface area contributed by atoms with Gasteiger partial charge in [0.1, 0.15) is 5.76 Å². The van der Waals surface area contributed by atoms with Crippen LogP contribution in [0.4, 0.5) is 0 Å². The lowest BCUT2D eigenvalue weighted by atomic mass is 10.1. The molecule has 2 nitrogen and oxygen atoms in total. The summed E-state index contributed by atoms with van der Waals surface area (Å²) in [6.07, 6.45) is 5.22. The van der Waals surface area contributed by atoms with Crippen LogP contribution in [0.5, 0.6) is 0 Å². The summed E-state index contributed by atoms with van der Waals surface area (Å²) < 4.78 is 5.09. The summed E-state index contributed by atoms with van der Waals surface area (Å²) in [6.45, 7) is 12.4. The van der Waals surface area contributed by atoms with E-state index >= 15 is 0 Å². The number of nitrogens with zero attached hydrogens (tertiary/aromatic N) is 1. The average Bonchev–Trinajstić information content (AvgIpc) is 2.48. The Bertz CT molecular complexity index is 433. The van der Waals surface area contributed by atoms with Crippen molar-refractivity contribution in [1.82, 2.24) is 4.90 Å². The molecule has 0 bridgehead atoms. The van der Waals surface area contributed by atoms with Crippen molar-refractivity contribution < 1.29 is 4.74 Å². The third-order valence-electron chi connectivity index (χ3n) is 3.57. The highest BCUT2D eigenvalue weighted by Gasteiger charge is 2.12. The van der Waals surface area contributed by atoms with Crippen molar-refractivity contribution in [2.24, 2.45) is 0 Å². The topological polar surface area (TPSA) is 12.5 Å². The number of hydrogen-bond acceptors (Lipinski definition) is 2. The molecule has 0 amide bonds. The molecule has 0 saturated carbocycles. The Labute approximate surface area is 123 Å². The van der Waals surface area contributed by atoms with Gasteiger partial charge in [-0.3, -0.25) is 4.90 Å². The van der Waals surface area contributed by atoms with Crippen LogP contribution in [0.1, 0.15) is 31.4 Å². The van der Waals surface area contributed by atoms with Gasteiger partial charge in [-0.05, 0) is 31.5 Å². The van der Waals surface area contributed by atoms with Crippen molar-refractivity contribution >= 4 is 0 Å². The molecule has 0 heterocycles. The molecule has 1 aromatic carbocycles. The lowest BCUT2D eigenvalue weighted by Crippen LogP contribution is -2.32. The fourth-order valence-corrected chi connectivity index (χ4v) is 2.19. The van der Waals surface area contributed by atoms with Crippen LogP contribution < -0.4 is 0 Å². The summed E-state index contributed by atoms with van der Waals surface area (Å²) in [4.78, 5) is 2.46. The monoisotopic (exact) mass is 273 g/mol. The molecule has 2 heteroatoms. The van der Waals surface area contributed by atoms with Crippen molar-refractivity contribution in [2.45, 2.75) is 39.8 Å². The first-order valence-electron chi connectivity index (χ1n) is 7.31. The number of aryl methyl sites for hydroxylation is 1. The van der Waals surface area contributed by atoms with Crippen LogP contribution >= 0.6 is 0 Å². The molecule has 0 aliphatic rings. The van der Waals surface area contributed by atoms with E-state index in [9.17, 15) is 0 Å². The summed E-state index contributed by atoms with van der Waals surface area (Å²) in [6, 6.07) is 9.18. The van der Waals surface area contributed by atoms with Gasteiger partial charge in [-0.25, -0.2) is 0 Å². The maximum atomic E-state index is 5.09. The molecule has 0 aliphatic carbocycles. The molecule has 1 atom stereocenters. The highest BCUT2D eigenvalue weighted by atomic mass is 16.5. The molecule has 20 heavy (non-hydrogen) atoms. The van der Waals surface area contributed by atoms with E-state index in [1.54, 1.807) is 7.11 Å². The van der Waals surface area contributed by atoms with Gasteiger partial charge < -0.3 is 4.74 Å². The van der Waals surface area contributed by atoms with Crippen LogP contribution in [0.2, 0.25) is 0 Å². The smallest absolute Gasteiger partial charge is 0.111 e. The summed E-state index contributed by atoms with van der Waals surface area (Å²) in [7, 11) is 1.65. The Morgan fingerprint density at radius 2 is 1.95 bits per heavy atom. The normalized spacial score (nSPS) is 12.8. The summed E-state index contributed by atoms with van der Waals surface area (Å²) in [5.41, 5.74) is 2.66. The molecule has 0 aromatic heterocycles. The molecule has 0 aliphatic heterocycles. The van der Waals surface area contributed by atoms with Gasteiger partial charge >= 0.3 is 0 Å². The van der Waals surface area contributed by atoms with Crippen molar-refractivity contribution in [2.75, 3.05) is 13.7 Å². The van der Waals surface area contributed by atoms with E-state index in [1.807, 2.05) is 6.08 Å². The summed E-state index contributed by atoms with van der Waals surface area (Å²) in [5, 5.41) is 0. The second-order valence-electron chi connectivity index (χ2n) is 5.05. The molecule has 0 spiro atoms. The van der Waals surface area contributed by atoms with E-state index in [1.165, 1.54) is 11.1 Å². The van der Waals surface area contributed by atoms with Crippen LogP contribution in [-0.4, -0.2) is 24.6 Å². The van der Waals surface area contributed by atoms with Crippen molar-refractivity contribution in [3.8, 4) is 0 Å². The highest BCUT2D eigenvalue weighted by Crippen LogP contribution is 2.13. The van der Waals surface area contributed by atoms with Crippen LogP contribution in [0.25, 0.3) is 0 Å². The zero-order valence-corrected chi connectivity index (χ0v) is 13.2. The van der Waals surface area contributed by atoms with E-state index in [-0.39, 0.29) is 0 Å². The largest absolute Gasteiger partial charge is 0.497 e. The Hall–Kier alpha value is -1.54. The van der Waals surface area contributed by atoms with Gasteiger partial charge in [0.2, 0.25) is 0 Å². The minimum Gasteiger partial charge on any atom is -0.497 e. The van der Waals surface area contributed by atoms with Crippen molar-refractivity contribution in [3.63, 3.8) is 0 Å². The fraction of sp³-hybridized carbons (Fsp3) is 0.444. The second kappa shape index (κ2) is 8.60. The van der Waals surface area contributed by atoms with Crippen LogP contribution in [0, 0.1) is 6.92 Å². The number of rotatable bonds is 8. The highest BCUT2D eigenvalue weighted by molar-refractivity contribution is 5.21. The summed E-state index contributed by atoms with van der Waals surface area (Å²) >= 11 is 0. The third kappa shape index (κ3) is 5.22. The molecule has 0 fully saturated rings. The van der Waals surface area contributed by atoms with E-state index < -0.39 is 0 Å². The molecule has 0 N–H and O–H groups in total. The number of methoxy groups -OCH3 is 1. The molecule has 1 aromatic rings. The van der Waals surface area contributed by atoms with E-state index in [0.29, 0.717) is 11.8 Å². The van der Waals surface area contributed by atoms with E-state index in [2.05, 4.69) is 62.6 Å². The maximum Gasteiger partial charge on any atom is 0.111 e. The van der Waals surface area contributed by atoms with Gasteiger partial charge in [0.25, 0.3) is 0 Å². The van der Waals surface area contributed by atoms with Gasteiger partial charge in [-0.1, -0.05) is 56.3 Å². The SMILES string of the molecule is C=C(/C=C\C(CC)N(CC)Cc1ccc(C)cc1)OC. The first kappa shape index (κ1) is 16.5. The molecule has 0 saturated heterocycles. The molecular formula is C18H27NO. The molecule has 1 unspecified atom stereocenters. The number of allylic oxidation sites excluding steroid dienone is 1. The fourth-order valence-electron chi connectivity index (χ4n) is 2.19. The van der Waals surface area contributed by atoms with E-state index in [4.69, 9.17) is 4.74 Å². The zero-order chi connectivity index (χ0) is 15.0. The second-order valence-corrected chi connectivity index (χ2v) is 5.05. The Morgan fingerprint density at radius 3 is 2.45 bits per heavy atom. The predicted molar refractivity (Wildman–Crippen MR) is 86.6 cm³/mol. The quantitative estimate of drug-likeness (QED) is 0.517. The van der Waals surface area contributed by atoms with Gasteiger partial charge in [0, 0.05) is 12.6 Å². The minimum absolute atomic E-state index is 0.410. The number of benzene rings is 1. The zero-order valence-electron chi connectivity index (χ0n) is 13.2. The minimum atomic E-state index is 0.410. The van der Waals surface area contributed by atoms with Crippen molar-refractivity contribution in [3.05, 3.63) is 59.9 Å². The predicted octanol–water partition coefficient (Wildman–Crippen LogP) is 4.31. The number of likely N-dealkylation sites (N-methyl/N-ethyl adjacent to an activating group) is 1. The van der Waals surface area contributed by atoms with Gasteiger partial charge in [-0.2, -0.15) is 0 Å². The Morgan fingerprint density at radius 1 is 1.30 bits per heavy atom. The lowest BCUT2D eigenvalue weighted by molar-refractivity contribution is 0.226. The van der Waals surface area contributed by atoms with Crippen molar-refractivity contribution in [1.29, 1.82) is 0 Å². The average molecular weight is 273 g/mol. The summed E-state index contributed by atoms with van der Waals surface area (Å²) in [5.74, 6) is 0.704. The van der Waals surface area contributed by atoms with Crippen LogP contribution in [0.15, 0.2) is 48.8 Å². The van der Waals surface area contributed by atoms with Gasteiger partial charge in [0.15, 0.2) is 0 Å². The molecule has 0 radical (unpaired) electrons. The molecular weight excluding hydrogens is 246 g/mol. The first-order chi connectivity index (χ1) is 9.60. The first-order valence-corrected chi connectivity index (χ1v) is 7.31. The lowest BCUT2D eigenvalue weighted by Gasteiger charge is -2.28. The number of ether oxygens (including phenoxy) is 1. The molecule has 1 rings (SSSR count). The third-order valence-corrected chi connectivity index (χ3v) is 3.57. The van der Waals surface area contributed by atoms with Gasteiger partial charge in [-0.15, -0.1) is 0 Å².